The van der Waals surface area contributed by atoms with Gasteiger partial charge in [0.2, 0.25) is 0 Å². The summed E-state index contributed by atoms with van der Waals surface area (Å²) < 4.78 is 0. The predicted octanol–water partition coefficient (Wildman–Crippen LogP) is 1.56. The summed E-state index contributed by atoms with van der Waals surface area (Å²) in [6.45, 7) is 2.84. The fraction of sp³-hybridized carbons (Fsp3) is 0.375. The monoisotopic (exact) mass is 286 g/mol. The number of pyridine rings is 1. The molecular weight excluding hydrogens is 268 g/mol. The molecule has 2 atom stereocenters. The number of hydrogen-bond acceptors (Lipinski definition) is 4. The topological polar surface area (TPSA) is 73.7 Å². The van der Waals surface area contributed by atoms with Gasteiger partial charge in [0.25, 0.3) is 0 Å². The number of β-amino-alcohol motifs (C(OH)–C–C–N with tert-alkyl or cyclic N) is 1. The van der Waals surface area contributed by atoms with E-state index in [1.165, 1.54) is 0 Å². The lowest BCUT2D eigenvalue weighted by Gasteiger charge is -2.21. The number of aliphatic carboxylic acids is 1. The molecule has 5 nitrogen and oxygen atoms in total. The molecule has 110 valence electrons. The van der Waals surface area contributed by atoms with Crippen LogP contribution in [0.3, 0.4) is 0 Å². The Morgan fingerprint density at radius 2 is 2.19 bits per heavy atom. The van der Waals surface area contributed by atoms with Gasteiger partial charge in [0.05, 0.1) is 11.6 Å². The fourth-order valence-electron chi connectivity index (χ4n) is 3.06. The zero-order valence-electron chi connectivity index (χ0n) is 11.9. The molecule has 2 heterocycles. The van der Waals surface area contributed by atoms with Crippen molar-refractivity contribution >= 4 is 16.9 Å². The molecule has 0 amide bonds. The van der Waals surface area contributed by atoms with E-state index in [1.807, 2.05) is 42.2 Å². The van der Waals surface area contributed by atoms with Gasteiger partial charge in [-0.2, -0.15) is 0 Å². The lowest BCUT2D eigenvalue weighted by Crippen LogP contribution is -2.35. The Balaban J connectivity index is 1.96. The van der Waals surface area contributed by atoms with Gasteiger partial charge < -0.3 is 10.2 Å². The number of aliphatic hydroxyl groups is 1. The van der Waals surface area contributed by atoms with Crippen molar-refractivity contribution in [3.8, 4) is 0 Å². The number of aliphatic hydroxyl groups excluding tert-OH is 1. The molecule has 1 fully saturated rings. The smallest absolute Gasteiger partial charge is 0.321 e. The van der Waals surface area contributed by atoms with Crippen molar-refractivity contribution in [1.82, 2.24) is 9.88 Å². The van der Waals surface area contributed by atoms with Crippen LogP contribution in [0.1, 0.15) is 17.7 Å². The second-order valence-electron chi connectivity index (χ2n) is 5.61. The van der Waals surface area contributed by atoms with Crippen LogP contribution in [0.5, 0.6) is 0 Å². The van der Waals surface area contributed by atoms with Crippen molar-refractivity contribution in [3.63, 3.8) is 0 Å². The van der Waals surface area contributed by atoms with Gasteiger partial charge in [-0.25, -0.2) is 0 Å². The van der Waals surface area contributed by atoms with Crippen LogP contribution >= 0.6 is 0 Å². The Hall–Kier alpha value is -1.98. The van der Waals surface area contributed by atoms with E-state index in [-0.39, 0.29) is 6.42 Å². The number of fused-ring (bicyclic) bond motifs is 1. The molecule has 1 aliphatic rings. The summed E-state index contributed by atoms with van der Waals surface area (Å²) in [4.78, 5) is 17.6. The summed E-state index contributed by atoms with van der Waals surface area (Å²) in [5.74, 6) is -0.873. The predicted molar refractivity (Wildman–Crippen MR) is 78.9 cm³/mol. The van der Waals surface area contributed by atoms with Crippen molar-refractivity contribution in [2.75, 3.05) is 6.54 Å². The van der Waals surface area contributed by atoms with Crippen LogP contribution in [-0.4, -0.2) is 44.8 Å². The van der Waals surface area contributed by atoms with Crippen molar-refractivity contribution in [2.45, 2.75) is 32.0 Å². The summed E-state index contributed by atoms with van der Waals surface area (Å²) in [6, 6.07) is 9.23. The molecule has 1 aliphatic heterocycles. The highest BCUT2D eigenvalue weighted by atomic mass is 16.4. The maximum atomic E-state index is 11.3. The van der Waals surface area contributed by atoms with Gasteiger partial charge in [-0.05, 0) is 24.6 Å². The van der Waals surface area contributed by atoms with E-state index in [9.17, 15) is 15.0 Å². The first-order chi connectivity index (χ1) is 10.0. The number of carboxylic acid groups (broad SMARTS) is 1. The normalized spacial score (nSPS) is 22.8. The van der Waals surface area contributed by atoms with Crippen molar-refractivity contribution in [1.29, 1.82) is 0 Å². The zero-order valence-corrected chi connectivity index (χ0v) is 11.9. The number of hydrogen-bond donors (Lipinski definition) is 2. The number of nitrogens with zero attached hydrogens (tertiary/aromatic N) is 2. The molecule has 3 rings (SSSR count). The van der Waals surface area contributed by atoms with Gasteiger partial charge in [-0.15, -0.1) is 0 Å². The number of likely N-dealkylation sites (tertiary alicyclic amines) is 1. The number of benzene rings is 1. The molecule has 2 aromatic rings. The highest BCUT2D eigenvalue weighted by molar-refractivity contribution is 5.82. The van der Waals surface area contributed by atoms with Crippen LogP contribution < -0.4 is 0 Å². The Bertz CT molecular complexity index is 686. The van der Waals surface area contributed by atoms with E-state index in [4.69, 9.17) is 0 Å². The molecular formula is C16H18N2O3. The molecule has 2 unspecified atom stereocenters. The average Bonchev–Trinajstić information content (AvgIpc) is 2.79. The second kappa shape index (κ2) is 5.42. The van der Waals surface area contributed by atoms with Gasteiger partial charge in [-0.1, -0.05) is 18.2 Å². The molecule has 0 spiro atoms. The fourth-order valence-corrected chi connectivity index (χ4v) is 3.06. The number of aromatic nitrogens is 1. The SMILES string of the molecule is Cc1cc(CN2CC(O)CC2C(=O)O)c2ccccc2n1. The van der Waals surface area contributed by atoms with Crippen LogP contribution in [0.25, 0.3) is 10.9 Å². The number of carbonyl (C=O) groups is 1. The minimum atomic E-state index is -0.873. The van der Waals surface area contributed by atoms with E-state index < -0.39 is 18.1 Å². The van der Waals surface area contributed by atoms with Gasteiger partial charge in [-0.3, -0.25) is 14.7 Å². The zero-order chi connectivity index (χ0) is 15.0. The number of aryl methyl sites for hydroxylation is 1. The van der Waals surface area contributed by atoms with E-state index in [0.717, 1.165) is 22.2 Å². The van der Waals surface area contributed by atoms with Crippen molar-refractivity contribution < 1.29 is 15.0 Å². The van der Waals surface area contributed by atoms with E-state index in [1.54, 1.807) is 0 Å². The maximum absolute atomic E-state index is 11.3. The van der Waals surface area contributed by atoms with E-state index in [2.05, 4.69) is 4.98 Å². The number of rotatable bonds is 3. The summed E-state index contributed by atoms with van der Waals surface area (Å²) in [5.41, 5.74) is 2.88. The summed E-state index contributed by atoms with van der Waals surface area (Å²) in [7, 11) is 0. The third kappa shape index (κ3) is 2.75. The Morgan fingerprint density at radius 3 is 2.95 bits per heavy atom. The lowest BCUT2D eigenvalue weighted by atomic mass is 10.1. The summed E-state index contributed by atoms with van der Waals surface area (Å²) in [6.07, 6.45) is -0.280. The van der Waals surface area contributed by atoms with Gasteiger partial charge in [0.1, 0.15) is 6.04 Å². The van der Waals surface area contributed by atoms with Crippen LogP contribution in [0.4, 0.5) is 0 Å². The Kier molecular flexibility index (Phi) is 3.61. The van der Waals surface area contributed by atoms with E-state index >= 15 is 0 Å². The van der Waals surface area contributed by atoms with Crippen molar-refractivity contribution in [3.05, 3.63) is 41.6 Å². The van der Waals surface area contributed by atoms with Crippen LogP contribution in [-0.2, 0) is 11.3 Å². The van der Waals surface area contributed by atoms with Gasteiger partial charge in [0, 0.05) is 30.6 Å². The molecule has 21 heavy (non-hydrogen) atoms. The quantitative estimate of drug-likeness (QED) is 0.896. The van der Waals surface area contributed by atoms with Crippen LogP contribution in [0.2, 0.25) is 0 Å². The molecule has 5 heteroatoms. The van der Waals surface area contributed by atoms with Crippen molar-refractivity contribution in [2.24, 2.45) is 0 Å². The molecule has 1 saturated heterocycles. The Labute approximate surface area is 122 Å². The maximum Gasteiger partial charge on any atom is 0.321 e. The molecule has 0 bridgehead atoms. The highest BCUT2D eigenvalue weighted by Crippen LogP contribution is 2.25. The molecule has 2 N–H and O–H groups in total. The highest BCUT2D eigenvalue weighted by Gasteiger charge is 2.35. The Morgan fingerprint density at radius 1 is 1.43 bits per heavy atom. The molecule has 0 saturated carbocycles. The minimum absolute atomic E-state index is 0.289. The second-order valence-corrected chi connectivity index (χ2v) is 5.61. The molecule has 1 aromatic heterocycles. The first kappa shape index (κ1) is 14.0. The van der Waals surface area contributed by atoms with Crippen LogP contribution in [0.15, 0.2) is 30.3 Å². The molecule has 0 aliphatic carbocycles. The molecule has 1 aromatic carbocycles. The van der Waals surface area contributed by atoms with Crippen LogP contribution in [0, 0.1) is 6.92 Å². The van der Waals surface area contributed by atoms with Gasteiger partial charge in [0.15, 0.2) is 0 Å². The first-order valence-corrected chi connectivity index (χ1v) is 7.05. The van der Waals surface area contributed by atoms with E-state index in [0.29, 0.717) is 13.1 Å². The third-order valence-electron chi connectivity index (χ3n) is 3.97. The minimum Gasteiger partial charge on any atom is -0.480 e. The third-order valence-corrected chi connectivity index (χ3v) is 3.97. The summed E-state index contributed by atoms with van der Waals surface area (Å²) >= 11 is 0. The lowest BCUT2D eigenvalue weighted by molar-refractivity contribution is -0.142. The van der Waals surface area contributed by atoms with Gasteiger partial charge >= 0.3 is 5.97 Å². The average molecular weight is 286 g/mol. The largest absolute Gasteiger partial charge is 0.480 e. The summed E-state index contributed by atoms with van der Waals surface area (Å²) in [5, 5.41) is 20.1. The standard InChI is InChI=1S/C16H18N2O3/c1-10-6-11(13-4-2-3-5-14(13)17-10)8-18-9-12(19)7-15(18)16(20)21/h2-6,12,15,19H,7-9H2,1H3,(H,20,21). The number of carboxylic acids is 1. The molecule has 0 radical (unpaired) electrons. The first-order valence-electron chi connectivity index (χ1n) is 7.05. The number of para-hydroxylation sites is 1.